The molecule has 0 aliphatic heterocycles. The molecule has 7 nitrogen and oxygen atoms in total. The van der Waals surface area contributed by atoms with Crippen molar-refractivity contribution in [2.45, 2.75) is 45.2 Å². The highest BCUT2D eigenvalue weighted by Gasteiger charge is 2.16. The van der Waals surface area contributed by atoms with Gasteiger partial charge in [0.05, 0.1) is 17.9 Å². The second-order valence-electron chi connectivity index (χ2n) is 8.33. The van der Waals surface area contributed by atoms with Crippen molar-refractivity contribution in [3.05, 3.63) is 88.1 Å². The SMILES string of the molecule is CC(NC(=O)Cn1cnc2c(cnn2-c2ccccc2)c1=O)c1ccc2c(c1)CCCC2. The van der Waals surface area contributed by atoms with Gasteiger partial charge in [-0.1, -0.05) is 36.4 Å². The van der Waals surface area contributed by atoms with Crippen LogP contribution in [0, 0.1) is 0 Å². The van der Waals surface area contributed by atoms with E-state index in [2.05, 4.69) is 33.6 Å². The Balaban J connectivity index is 1.32. The van der Waals surface area contributed by atoms with Gasteiger partial charge >= 0.3 is 0 Å². The predicted molar refractivity (Wildman–Crippen MR) is 123 cm³/mol. The van der Waals surface area contributed by atoms with Gasteiger partial charge in [0.15, 0.2) is 5.65 Å². The molecule has 4 aromatic rings. The third-order valence-corrected chi connectivity index (χ3v) is 6.12. The Morgan fingerprint density at radius 1 is 1.09 bits per heavy atom. The van der Waals surface area contributed by atoms with Crippen molar-refractivity contribution >= 4 is 16.9 Å². The normalized spacial score (nSPS) is 14.2. The number of hydrogen-bond acceptors (Lipinski definition) is 4. The summed E-state index contributed by atoms with van der Waals surface area (Å²) in [5, 5.41) is 7.70. The summed E-state index contributed by atoms with van der Waals surface area (Å²) in [6.45, 7) is 1.88. The Morgan fingerprint density at radius 3 is 2.69 bits per heavy atom. The fraction of sp³-hybridized carbons (Fsp3) is 0.280. The van der Waals surface area contributed by atoms with E-state index in [1.54, 1.807) is 4.68 Å². The molecule has 1 amide bonds. The number of fused-ring (bicyclic) bond motifs is 2. The van der Waals surface area contributed by atoms with E-state index >= 15 is 0 Å². The lowest BCUT2D eigenvalue weighted by molar-refractivity contribution is -0.122. The number of amides is 1. The summed E-state index contributed by atoms with van der Waals surface area (Å²) in [4.78, 5) is 30.0. The molecule has 2 aromatic carbocycles. The number of aromatic nitrogens is 4. The number of nitrogens with one attached hydrogen (secondary N) is 1. The topological polar surface area (TPSA) is 81.8 Å². The predicted octanol–water partition coefficient (Wildman–Crippen LogP) is 3.34. The summed E-state index contributed by atoms with van der Waals surface area (Å²) >= 11 is 0. The Kier molecular flexibility index (Phi) is 5.31. The van der Waals surface area contributed by atoms with Gasteiger partial charge in [0.2, 0.25) is 5.91 Å². The lowest BCUT2D eigenvalue weighted by Gasteiger charge is -2.20. The zero-order valence-electron chi connectivity index (χ0n) is 18.0. The summed E-state index contributed by atoms with van der Waals surface area (Å²) in [6.07, 6.45) is 7.61. The van der Waals surface area contributed by atoms with E-state index in [-0.39, 0.29) is 24.1 Å². The molecule has 7 heteroatoms. The van der Waals surface area contributed by atoms with E-state index in [0.29, 0.717) is 11.0 Å². The summed E-state index contributed by atoms with van der Waals surface area (Å²) < 4.78 is 2.95. The molecule has 5 rings (SSSR count). The van der Waals surface area contributed by atoms with Crippen molar-refractivity contribution in [2.24, 2.45) is 0 Å². The summed E-state index contributed by atoms with van der Waals surface area (Å²) in [6, 6.07) is 15.9. The van der Waals surface area contributed by atoms with Crippen molar-refractivity contribution in [3.63, 3.8) is 0 Å². The molecule has 0 spiro atoms. The smallest absolute Gasteiger partial charge is 0.264 e. The van der Waals surface area contributed by atoms with E-state index in [1.807, 2.05) is 37.3 Å². The number of benzene rings is 2. The first-order valence-corrected chi connectivity index (χ1v) is 11.0. The highest BCUT2D eigenvalue weighted by Crippen LogP contribution is 2.24. The second kappa shape index (κ2) is 8.42. The number of hydrogen-bond donors (Lipinski definition) is 1. The number of carbonyl (C=O) groups excluding carboxylic acids is 1. The number of rotatable bonds is 5. The zero-order chi connectivity index (χ0) is 22.1. The maximum absolute atomic E-state index is 12.9. The Morgan fingerprint density at radius 2 is 1.88 bits per heavy atom. The van der Waals surface area contributed by atoms with Gasteiger partial charge in [-0.2, -0.15) is 5.10 Å². The molecule has 1 aliphatic rings. The van der Waals surface area contributed by atoms with Gasteiger partial charge in [-0.25, -0.2) is 9.67 Å². The minimum absolute atomic E-state index is 0.0897. The highest BCUT2D eigenvalue weighted by atomic mass is 16.2. The van der Waals surface area contributed by atoms with E-state index in [4.69, 9.17) is 0 Å². The third kappa shape index (κ3) is 3.82. The molecular formula is C25H25N5O2. The van der Waals surface area contributed by atoms with Gasteiger partial charge in [-0.15, -0.1) is 0 Å². The fourth-order valence-corrected chi connectivity index (χ4v) is 4.37. The van der Waals surface area contributed by atoms with E-state index in [9.17, 15) is 9.59 Å². The molecule has 1 N–H and O–H groups in total. The van der Waals surface area contributed by atoms with E-state index in [1.165, 1.54) is 41.1 Å². The lowest BCUT2D eigenvalue weighted by Crippen LogP contribution is -2.34. The number of aryl methyl sites for hydroxylation is 2. The molecule has 0 radical (unpaired) electrons. The first-order chi connectivity index (χ1) is 15.6. The van der Waals surface area contributed by atoms with Crippen LogP contribution in [0.4, 0.5) is 0 Å². The maximum Gasteiger partial charge on any atom is 0.264 e. The molecular weight excluding hydrogens is 402 g/mol. The molecule has 0 saturated heterocycles. The fourth-order valence-electron chi connectivity index (χ4n) is 4.37. The molecule has 32 heavy (non-hydrogen) atoms. The van der Waals surface area contributed by atoms with Crippen molar-refractivity contribution in [1.29, 1.82) is 0 Å². The largest absolute Gasteiger partial charge is 0.348 e. The molecule has 0 bridgehead atoms. The Labute approximate surface area is 185 Å². The first-order valence-electron chi connectivity index (χ1n) is 11.0. The number of carbonyl (C=O) groups is 1. The molecule has 0 saturated carbocycles. The summed E-state index contributed by atoms with van der Waals surface area (Å²) in [7, 11) is 0. The van der Waals surface area contributed by atoms with Crippen LogP contribution in [0.3, 0.4) is 0 Å². The van der Waals surface area contributed by atoms with Crippen LogP contribution >= 0.6 is 0 Å². The zero-order valence-corrected chi connectivity index (χ0v) is 18.0. The van der Waals surface area contributed by atoms with Gasteiger partial charge in [0.25, 0.3) is 5.56 Å². The summed E-state index contributed by atoms with van der Waals surface area (Å²) in [5.41, 5.74) is 4.90. The maximum atomic E-state index is 12.9. The molecule has 0 fully saturated rings. The Bertz CT molecular complexity index is 1340. The average Bonchev–Trinajstić information content (AvgIpc) is 3.26. The number of nitrogens with zero attached hydrogens (tertiary/aromatic N) is 4. The molecule has 1 unspecified atom stereocenters. The van der Waals surface area contributed by atoms with Crippen molar-refractivity contribution in [2.75, 3.05) is 0 Å². The standard InChI is InChI=1S/C25H25N5O2/c1-17(19-12-11-18-7-5-6-8-20(18)13-19)28-23(31)15-29-16-26-24-22(25(29)32)14-27-30(24)21-9-3-2-4-10-21/h2-4,9-14,16-17H,5-8,15H2,1H3,(H,28,31). The van der Waals surface area contributed by atoms with Crippen LogP contribution in [0.5, 0.6) is 0 Å². The quantitative estimate of drug-likeness (QED) is 0.530. The van der Waals surface area contributed by atoms with E-state index in [0.717, 1.165) is 24.1 Å². The molecule has 162 valence electrons. The van der Waals surface area contributed by atoms with Gasteiger partial charge in [0, 0.05) is 0 Å². The van der Waals surface area contributed by atoms with Crippen LogP contribution in [0.15, 0.2) is 65.8 Å². The van der Waals surface area contributed by atoms with Crippen LogP contribution in [0.2, 0.25) is 0 Å². The van der Waals surface area contributed by atoms with Crippen molar-refractivity contribution in [1.82, 2.24) is 24.6 Å². The lowest BCUT2D eigenvalue weighted by atomic mass is 9.89. The van der Waals surface area contributed by atoms with Crippen LogP contribution < -0.4 is 10.9 Å². The van der Waals surface area contributed by atoms with Crippen LogP contribution in [-0.2, 0) is 24.2 Å². The van der Waals surface area contributed by atoms with Crippen molar-refractivity contribution in [3.8, 4) is 5.69 Å². The molecule has 1 atom stereocenters. The van der Waals surface area contributed by atoms with Gasteiger partial charge < -0.3 is 5.32 Å². The molecule has 2 aromatic heterocycles. The first kappa shape index (κ1) is 20.2. The van der Waals surface area contributed by atoms with Crippen LogP contribution in [0.25, 0.3) is 16.7 Å². The minimum Gasteiger partial charge on any atom is -0.348 e. The minimum atomic E-state index is -0.284. The summed E-state index contributed by atoms with van der Waals surface area (Å²) in [5.74, 6) is -0.228. The van der Waals surface area contributed by atoms with Gasteiger partial charge in [0.1, 0.15) is 18.3 Å². The van der Waals surface area contributed by atoms with Crippen LogP contribution in [-0.4, -0.2) is 25.2 Å². The van der Waals surface area contributed by atoms with Crippen LogP contribution in [0.1, 0.15) is 42.5 Å². The number of para-hydroxylation sites is 1. The molecule has 2 heterocycles. The van der Waals surface area contributed by atoms with E-state index < -0.39 is 0 Å². The highest BCUT2D eigenvalue weighted by molar-refractivity contribution is 5.78. The van der Waals surface area contributed by atoms with Gasteiger partial charge in [-0.05, 0) is 61.4 Å². The Hall–Kier alpha value is -3.74. The average molecular weight is 428 g/mol. The molecule has 1 aliphatic carbocycles. The second-order valence-corrected chi connectivity index (χ2v) is 8.33. The monoisotopic (exact) mass is 427 g/mol. The van der Waals surface area contributed by atoms with Crippen molar-refractivity contribution < 1.29 is 4.79 Å². The van der Waals surface area contributed by atoms with Gasteiger partial charge in [-0.3, -0.25) is 14.2 Å². The third-order valence-electron chi connectivity index (χ3n) is 6.12.